The zero-order valence-corrected chi connectivity index (χ0v) is 33.8. The van der Waals surface area contributed by atoms with E-state index in [4.69, 9.17) is 0 Å². The topological polar surface area (TPSA) is 25.9 Å². The van der Waals surface area contributed by atoms with E-state index < -0.39 is 0 Å². The van der Waals surface area contributed by atoms with Gasteiger partial charge in [-0.15, -0.1) is 0 Å². The van der Waals surface area contributed by atoms with Gasteiger partial charge in [-0.2, -0.15) is 0 Å². The molecule has 16 bridgehead atoms. The second kappa shape index (κ2) is 18.4. The molecular formula is C48H64N8. The van der Waals surface area contributed by atoms with Crippen molar-refractivity contribution in [2.45, 2.75) is 52.4 Å². The van der Waals surface area contributed by atoms with Crippen LogP contribution in [0.1, 0.15) is 44.5 Å². The third-order valence-electron chi connectivity index (χ3n) is 13.2. The summed E-state index contributed by atoms with van der Waals surface area (Å²) in [6.45, 7) is 26.7. The Hall–Kier alpha value is -3.44. The van der Waals surface area contributed by atoms with Crippen LogP contribution in [0.15, 0.2) is 97.1 Å². The highest BCUT2D eigenvalue weighted by molar-refractivity contribution is 5.26. The van der Waals surface area contributed by atoms with Gasteiger partial charge < -0.3 is 0 Å². The van der Waals surface area contributed by atoms with Gasteiger partial charge in [-0.05, 0) is 44.5 Å². The molecule has 26 aliphatic heterocycles. The minimum Gasteiger partial charge on any atom is -0.297 e. The van der Waals surface area contributed by atoms with Crippen LogP contribution in [-0.4, -0.2) is 144 Å². The Kier molecular flexibility index (Phi) is 12.5. The molecule has 0 radical (unpaired) electrons. The Labute approximate surface area is 336 Å². The lowest BCUT2D eigenvalue weighted by molar-refractivity contribution is 0.120. The lowest BCUT2D eigenvalue weighted by Gasteiger charge is -2.35. The lowest BCUT2D eigenvalue weighted by atomic mass is 10.1. The standard InChI is InChI=1S/C48H64N8/c1-2-42-4-3-41(1)33-49-17-19-51(20-18-49)35-43-5-7-45(8-6-43)37-53-25-27-55(28-26-53)39-47-13-15-48(16-14-47)40-56-31-29-54(30-32-56)38-46-11-9-44(10-12-46)36-52-23-21-50(34-42)22-24-52/h1-16H,17-40H2. The van der Waals surface area contributed by atoms with E-state index in [-0.39, 0.29) is 0 Å². The molecule has 0 saturated carbocycles. The largest absolute Gasteiger partial charge is 0.297 e. The van der Waals surface area contributed by atoms with Gasteiger partial charge in [-0.25, -0.2) is 0 Å². The number of hydrogen-bond acceptors (Lipinski definition) is 8. The zero-order valence-electron chi connectivity index (χ0n) is 33.8. The molecule has 296 valence electrons. The first-order chi connectivity index (χ1) is 27.6. The maximum Gasteiger partial charge on any atom is 0.0234 e. The third kappa shape index (κ3) is 10.5. The summed E-state index contributed by atoms with van der Waals surface area (Å²) >= 11 is 0. The van der Waals surface area contributed by atoms with Crippen LogP contribution in [0.25, 0.3) is 0 Å². The predicted molar refractivity (Wildman–Crippen MR) is 228 cm³/mol. The van der Waals surface area contributed by atoms with E-state index in [1.54, 1.807) is 0 Å². The Morgan fingerprint density at radius 1 is 0.161 bits per heavy atom. The molecule has 30 rings (SSSR count). The summed E-state index contributed by atoms with van der Waals surface area (Å²) in [4.78, 5) is 21.1. The van der Waals surface area contributed by atoms with Crippen molar-refractivity contribution in [3.8, 4) is 0 Å². The zero-order chi connectivity index (χ0) is 37.5. The SMILES string of the molecule is c1cc2ccc1CN1CCN(CC1)Cc1ccc(cc1)CN1CCN(CC1)Cc1ccc(cc1)CN1CCN(CC1)Cc1ccc(cc1)CN1CCN(CC1)C2. The first-order valence-corrected chi connectivity index (χ1v) is 21.7. The summed E-state index contributed by atoms with van der Waals surface area (Å²) in [6, 6.07) is 38.0. The van der Waals surface area contributed by atoms with Crippen LogP contribution in [0.2, 0.25) is 0 Å². The van der Waals surface area contributed by atoms with Crippen LogP contribution in [0, 0.1) is 0 Å². The van der Waals surface area contributed by atoms with E-state index in [0.29, 0.717) is 0 Å². The highest BCUT2D eigenvalue weighted by atomic mass is 15.3. The second-order valence-electron chi connectivity index (χ2n) is 17.5. The quantitative estimate of drug-likeness (QED) is 0.240. The number of nitrogens with zero attached hydrogens (tertiary/aromatic N) is 8. The molecular weight excluding hydrogens is 689 g/mol. The fourth-order valence-corrected chi connectivity index (χ4v) is 9.49. The lowest BCUT2D eigenvalue weighted by Crippen LogP contribution is -2.45. The highest BCUT2D eigenvalue weighted by Gasteiger charge is 2.22. The van der Waals surface area contributed by atoms with Gasteiger partial charge in [-0.3, -0.25) is 39.2 Å². The van der Waals surface area contributed by atoms with Crippen molar-refractivity contribution < 1.29 is 0 Å². The molecule has 56 heavy (non-hydrogen) atoms. The molecule has 8 heteroatoms. The van der Waals surface area contributed by atoms with E-state index in [9.17, 15) is 0 Å². The van der Waals surface area contributed by atoms with E-state index in [1.807, 2.05) is 0 Å². The molecule has 4 saturated heterocycles. The van der Waals surface area contributed by atoms with Gasteiger partial charge in [0.25, 0.3) is 0 Å². The Bertz CT molecular complexity index is 1380. The smallest absolute Gasteiger partial charge is 0.0234 e. The van der Waals surface area contributed by atoms with Gasteiger partial charge in [0.1, 0.15) is 0 Å². The Morgan fingerprint density at radius 3 is 0.339 bits per heavy atom. The summed E-state index contributed by atoms with van der Waals surface area (Å²) in [5, 5.41) is 0. The molecule has 0 aromatic heterocycles. The number of rotatable bonds is 0. The predicted octanol–water partition coefficient (Wildman–Crippen LogP) is 5.27. The van der Waals surface area contributed by atoms with Crippen LogP contribution >= 0.6 is 0 Å². The molecule has 0 aliphatic carbocycles. The number of piperazine rings is 4. The number of hydrogen-bond donors (Lipinski definition) is 0. The van der Waals surface area contributed by atoms with Gasteiger partial charge >= 0.3 is 0 Å². The summed E-state index contributed by atoms with van der Waals surface area (Å²) in [6.07, 6.45) is 0. The first-order valence-electron chi connectivity index (χ1n) is 21.7. The van der Waals surface area contributed by atoms with E-state index >= 15 is 0 Å². The molecule has 26 aliphatic rings. The van der Waals surface area contributed by atoms with E-state index in [1.165, 1.54) is 44.5 Å². The maximum atomic E-state index is 2.64. The van der Waals surface area contributed by atoms with Crippen LogP contribution in [0.4, 0.5) is 0 Å². The van der Waals surface area contributed by atoms with Crippen molar-refractivity contribution in [3.05, 3.63) is 142 Å². The van der Waals surface area contributed by atoms with Crippen LogP contribution < -0.4 is 0 Å². The minimum atomic E-state index is 1.06. The summed E-state index contributed by atoms with van der Waals surface area (Å²) in [5.41, 5.74) is 11.5. The maximum absolute atomic E-state index is 2.64. The van der Waals surface area contributed by atoms with Crippen LogP contribution in [-0.2, 0) is 52.4 Å². The highest BCUT2D eigenvalue weighted by Crippen LogP contribution is 2.19. The van der Waals surface area contributed by atoms with Crippen molar-refractivity contribution in [2.75, 3.05) is 105 Å². The molecule has 0 unspecified atom stereocenters. The normalized spacial score (nSPS) is 30.6. The van der Waals surface area contributed by atoms with Crippen molar-refractivity contribution in [1.82, 2.24) is 39.2 Å². The fraction of sp³-hybridized carbons (Fsp3) is 0.500. The third-order valence-corrected chi connectivity index (χ3v) is 13.2. The fourth-order valence-electron chi connectivity index (χ4n) is 9.49. The summed E-state index contributed by atoms with van der Waals surface area (Å²) < 4.78 is 0. The molecule has 0 amide bonds. The molecule has 26 heterocycles. The molecule has 4 fully saturated rings. The van der Waals surface area contributed by atoms with Gasteiger partial charge in [-0.1, -0.05) is 97.1 Å². The first kappa shape index (κ1) is 38.1. The summed E-state index contributed by atoms with van der Waals surface area (Å²) in [7, 11) is 0. The van der Waals surface area contributed by atoms with Crippen molar-refractivity contribution in [1.29, 1.82) is 0 Å². The van der Waals surface area contributed by atoms with E-state index in [0.717, 1.165) is 157 Å². The van der Waals surface area contributed by atoms with Gasteiger partial charge in [0.15, 0.2) is 0 Å². The van der Waals surface area contributed by atoms with Crippen LogP contribution in [0.5, 0.6) is 0 Å². The van der Waals surface area contributed by atoms with Crippen molar-refractivity contribution >= 4 is 0 Å². The van der Waals surface area contributed by atoms with E-state index in [2.05, 4.69) is 136 Å². The average Bonchev–Trinajstić information content (AvgIpc) is 3.23. The molecule has 0 atom stereocenters. The van der Waals surface area contributed by atoms with Crippen molar-refractivity contribution in [3.63, 3.8) is 0 Å². The van der Waals surface area contributed by atoms with Gasteiger partial charge in [0, 0.05) is 157 Å². The Balaban J connectivity index is 0.810. The van der Waals surface area contributed by atoms with Gasteiger partial charge in [0.05, 0.1) is 0 Å². The van der Waals surface area contributed by atoms with Gasteiger partial charge in [0.2, 0.25) is 0 Å². The van der Waals surface area contributed by atoms with Crippen molar-refractivity contribution in [2.24, 2.45) is 0 Å². The molecule has 0 N–H and O–H groups in total. The monoisotopic (exact) mass is 753 g/mol. The molecule has 8 nitrogen and oxygen atoms in total. The minimum absolute atomic E-state index is 1.06. The summed E-state index contributed by atoms with van der Waals surface area (Å²) in [5.74, 6) is 0. The Morgan fingerprint density at radius 2 is 0.250 bits per heavy atom. The number of benzene rings is 4. The van der Waals surface area contributed by atoms with Crippen LogP contribution in [0.3, 0.4) is 0 Å². The molecule has 4 aromatic carbocycles. The molecule has 4 aromatic rings. The average molecular weight is 753 g/mol. The second-order valence-corrected chi connectivity index (χ2v) is 17.5. The molecule has 0 spiro atoms.